The van der Waals surface area contributed by atoms with Crippen molar-refractivity contribution < 1.29 is 14.7 Å². The van der Waals surface area contributed by atoms with Crippen LogP contribution in [-0.4, -0.2) is 28.1 Å². The van der Waals surface area contributed by atoms with Crippen LogP contribution in [0.25, 0.3) is 16.6 Å². The fraction of sp³-hybridized carbons (Fsp3) is 0.115. The van der Waals surface area contributed by atoms with E-state index in [0.717, 1.165) is 16.5 Å². The minimum atomic E-state index is -0.953. The molecule has 0 aliphatic carbocycles. The first kappa shape index (κ1) is 23.4. The molecule has 170 valence electrons. The number of carbonyl (C=O) groups is 2. The van der Waals surface area contributed by atoms with E-state index in [1.165, 1.54) is 0 Å². The lowest BCUT2D eigenvalue weighted by molar-refractivity contribution is -0.136. The topological polar surface area (TPSA) is 95.1 Å². The average molecular weight is 492 g/mol. The smallest absolute Gasteiger partial charge is 0.307 e. The van der Waals surface area contributed by atoms with Gasteiger partial charge in [-0.25, -0.2) is 0 Å². The Balaban J connectivity index is 1.50. The summed E-state index contributed by atoms with van der Waals surface area (Å²) in [4.78, 5) is 23.6. The summed E-state index contributed by atoms with van der Waals surface area (Å²) in [5.41, 5.74) is 3.91. The molecule has 34 heavy (non-hydrogen) atoms. The van der Waals surface area contributed by atoms with Crippen LogP contribution in [0.1, 0.15) is 27.0 Å². The highest BCUT2D eigenvalue weighted by atomic mass is 35.5. The molecule has 0 bridgehead atoms. The Morgan fingerprint density at radius 1 is 0.971 bits per heavy atom. The molecular formula is C26H19Cl2N3O3. The van der Waals surface area contributed by atoms with Crippen LogP contribution in [-0.2, 0) is 17.6 Å². The third-order valence-corrected chi connectivity index (χ3v) is 6.17. The molecule has 0 aliphatic rings. The van der Waals surface area contributed by atoms with Crippen LogP contribution in [0.2, 0.25) is 10.0 Å². The molecule has 1 amide bonds. The second kappa shape index (κ2) is 10.0. The van der Waals surface area contributed by atoms with Gasteiger partial charge in [0.25, 0.3) is 5.91 Å². The maximum Gasteiger partial charge on any atom is 0.307 e. The van der Waals surface area contributed by atoms with Gasteiger partial charge < -0.3 is 15.0 Å². The molecule has 0 fully saturated rings. The second-order valence-electron chi connectivity index (χ2n) is 7.75. The fourth-order valence-corrected chi connectivity index (χ4v) is 4.10. The summed E-state index contributed by atoms with van der Waals surface area (Å²) < 4.78 is 1.85. The van der Waals surface area contributed by atoms with E-state index in [1.807, 2.05) is 29.0 Å². The van der Waals surface area contributed by atoms with E-state index in [-0.39, 0.29) is 12.3 Å². The molecule has 0 atom stereocenters. The molecule has 0 spiro atoms. The van der Waals surface area contributed by atoms with Crippen molar-refractivity contribution in [2.45, 2.75) is 12.8 Å². The van der Waals surface area contributed by atoms with Crippen LogP contribution < -0.4 is 5.32 Å². The Morgan fingerprint density at radius 3 is 2.50 bits per heavy atom. The number of halogens is 2. The Morgan fingerprint density at radius 2 is 1.76 bits per heavy atom. The summed E-state index contributed by atoms with van der Waals surface area (Å²) in [6.07, 6.45) is 2.30. The number of amides is 1. The highest BCUT2D eigenvalue weighted by Crippen LogP contribution is 2.25. The van der Waals surface area contributed by atoms with Crippen LogP contribution in [0.5, 0.6) is 0 Å². The number of nitrogens with zero attached hydrogens (tertiary/aromatic N) is 2. The molecule has 0 saturated carbocycles. The van der Waals surface area contributed by atoms with Gasteiger partial charge in [0.15, 0.2) is 0 Å². The summed E-state index contributed by atoms with van der Waals surface area (Å²) in [6, 6.07) is 19.8. The van der Waals surface area contributed by atoms with Crippen molar-refractivity contribution in [3.05, 3.63) is 99.2 Å². The molecule has 0 saturated heterocycles. The van der Waals surface area contributed by atoms with E-state index in [9.17, 15) is 14.9 Å². The predicted octanol–water partition coefficient (Wildman–Crippen LogP) is 5.41. The van der Waals surface area contributed by atoms with Gasteiger partial charge in [-0.3, -0.25) is 9.59 Å². The highest BCUT2D eigenvalue weighted by molar-refractivity contribution is 6.42. The van der Waals surface area contributed by atoms with Gasteiger partial charge in [0.05, 0.1) is 33.2 Å². The van der Waals surface area contributed by atoms with Gasteiger partial charge in [-0.15, -0.1) is 0 Å². The van der Waals surface area contributed by atoms with Crippen LogP contribution in [0.4, 0.5) is 0 Å². The third-order valence-electron chi connectivity index (χ3n) is 5.43. The quantitative estimate of drug-likeness (QED) is 0.361. The van der Waals surface area contributed by atoms with Crippen molar-refractivity contribution in [2.75, 3.05) is 6.54 Å². The Kier molecular flexibility index (Phi) is 6.87. The first-order valence-corrected chi connectivity index (χ1v) is 11.2. The summed E-state index contributed by atoms with van der Waals surface area (Å²) in [5, 5.41) is 23.3. The number of fused-ring (bicyclic) bond motifs is 1. The molecule has 0 aliphatic heterocycles. The summed E-state index contributed by atoms with van der Waals surface area (Å²) in [7, 11) is 0. The molecule has 4 aromatic rings. The number of hydrogen-bond acceptors (Lipinski definition) is 3. The molecule has 4 rings (SSSR count). The second-order valence-corrected chi connectivity index (χ2v) is 8.56. The zero-order valence-electron chi connectivity index (χ0n) is 17.9. The van der Waals surface area contributed by atoms with Crippen LogP contribution in [0.15, 0.2) is 66.9 Å². The van der Waals surface area contributed by atoms with Crippen LogP contribution in [0.3, 0.4) is 0 Å². The summed E-state index contributed by atoms with van der Waals surface area (Å²) in [6.45, 7) is 0.448. The number of carboxylic acid groups (broad SMARTS) is 1. The van der Waals surface area contributed by atoms with E-state index in [2.05, 4.69) is 11.4 Å². The van der Waals surface area contributed by atoms with Gasteiger partial charge in [-0.05, 0) is 66.1 Å². The number of rotatable bonds is 7. The van der Waals surface area contributed by atoms with Gasteiger partial charge in [0.2, 0.25) is 0 Å². The zero-order valence-corrected chi connectivity index (χ0v) is 19.4. The summed E-state index contributed by atoms with van der Waals surface area (Å²) in [5.74, 6) is -1.14. The van der Waals surface area contributed by atoms with Crippen LogP contribution >= 0.6 is 23.2 Å². The Hall–Kier alpha value is -3.79. The number of aliphatic carboxylic acids is 1. The SMILES string of the molecule is N#Cc1cc(CC(=O)O)ccc1-n1ccc2cc(C(=O)NCCc3ccc(Cl)c(Cl)c3)ccc21. The monoisotopic (exact) mass is 491 g/mol. The van der Waals surface area contributed by atoms with E-state index < -0.39 is 5.97 Å². The molecule has 6 nitrogen and oxygen atoms in total. The van der Waals surface area contributed by atoms with Crippen molar-refractivity contribution in [3.63, 3.8) is 0 Å². The van der Waals surface area contributed by atoms with Crippen molar-refractivity contribution in [2.24, 2.45) is 0 Å². The van der Waals surface area contributed by atoms with E-state index in [0.29, 0.717) is 45.4 Å². The molecule has 3 aromatic carbocycles. The number of carboxylic acids is 1. The minimum Gasteiger partial charge on any atom is -0.481 e. The zero-order chi connectivity index (χ0) is 24.2. The first-order valence-electron chi connectivity index (χ1n) is 10.4. The summed E-state index contributed by atoms with van der Waals surface area (Å²) >= 11 is 12.0. The number of aromatic nitrogens is 1. The molecule has 2 N–H and O–H groups in total. The van der Waals surface area contributed by atoms with E-state index >= 15 is 0 Å². The predicted molar refractivity (Wildman–Crippen MR) is 132 cm³/mol. The number of benzene rings is 3. The lowest BCUT2D eigenvalue weighted by Crippen LogP contribution is -2.25. The van der Waals surface area contributed by atoms with Crippen molar-refractivity contribution in [1.82, 2.24) is 9.88 Å². The molecule has 0 radical (unpaired) electrons. The lowest BCUT2D eigenvalue weighted by atomic mass is 10.1. The Labute approximate surface area is 206 Å². The first-order chi connectivity index (χ1) is 16.4. The van der Waals surface area contributed by atoms with Gasteiger partial charge in [0.1, 0.15) is 6.07 Å². The fourth-order valence-electron chi connectivity index (χ4n) is 3.78. The van der Waals surface area contributed by atoms with Crippen molar-refractivity contribution in [3.8, 4) is 11.8 Å². The molecule has 1 aromatic heterocycles. The van der Waals surface area contributed by atoms with Crippen molar-refractivity contribution >= 4 is 46.0 Å². The van der Waals surface area contributed by atoms with Gasteiger partial charge in [-0.2, -0.15) is 5.26 Å². The molecular weight excluding hydrogens is 473 g/mol. The largest absolute Gasteiger partial charge is 0.481 e. The van der Waals surface area contributed by atoms with Crippen molar-refractivity contribution in [1.29, 1.82) is 5.26 Å². The molecule has 1 heterocycles. The number of nitriles is 1. The van der Waals surface area contributed by atoms with Gasteiger partial charge in [-0.1, -0.05) is 35.3 Å². The average Bonchev–Trinajstić information content (AvgIpc) is 3.24. The normalized spacial score (nSPS) is 10.7. The maximum absolute atomic E-state index is 12.6. The van der Waals surface area contributed by atoms with E-state index in [1.54, 1.807) is 42.5 Å². The standard InChI is InChI=1S/C26H19Cl2N3O3/c27-21-4-1-16(12-22(21)28)7-9-30-26(34)19-3-6-23-18(14-19)8-10-31(23)24-5-2-17(13-25(32)33)11-20(24)15-29/h1-6,8,10-12,14H,7,9,13H2,(H,30,34)(H,32,33). The van der Waals surface area contributed by atoms with Crippen LogP contribution in [0, 0.1) is 11.3 Å². The van der Waals surface area contributed by atoms with Gasteiger partial charge in [0, 0.05) is 23.7 Å². The number of hydrogen-bond donors (Lipinski definition) is 2. The molecule has 8 heteroatoms. The minimum absolute atomic E-state index is 0.148. The van der Waals surface area contributed by atoms with E-state index in [4.69, 9.17) is 28.3 Å². The van der Waals surface area contributed by atoms with Gasteiger partial charge >= 0.3 is 5.97 Å². The maximum atomic E-state index is 12.6. The Bertz CT molecular complexity index is 1450. The number of carbonyl (C=O) groups excluding carboxylic acids is 1. The molecule has 0 unspecified atom stereocenters. The third kappa shape index (κ3) is 5.07. The number of nitrogens with one attached hydrogen (secondary N) is 1. The lowest BCUT2D eigenvalue weighted by Gasteiger charge is -2.10. The highest BCUT2D eigenvalue weighted by Gasteiger charge is 2.13.